The zero-order valence-electron chi connectivity index (χ0n) is 14.5. The quantitative estimate of drug-likeness (QED) is 0.356. The number of non-ortho nitro benzene ring substituents is 1. The fourth-order valence-corrected chi connectivity index (χ4v) is 2.45. The van der Waals surface area contributed by atoms with Gasteiger partial charge in [-0.05, 0) is 62.6 Å². The van der Waals surface area contributed by atoms with E-state index in [1.54, 1.807) is 6.07 Å². The molecular formula is C19H19NO5. The molecule has 130 valence electrons. The summed E-state index contributed by atoms with van der Waals surface area (Å²) in [5.41, 5.74) is 3.46. The van der Waals surface area contributed by atoms with Crippen molar-refractivity contribution in [2.75, 3.05) is 0 Å². The van der Waals surface area contributed by atoms with E-state index in [2.05, 4.69) is 0 Å². The summed E-state index contributed by atoms with van der Waals surface area (Å²) in [7, 11) is 0. The summed E-state index contributed by atoms with van der Waals surface area (Å²) in [6.45, 7) is 7.23. The van der Waals surface area contributed by atoms with E-state index < -0.39 is 17.0 Å². The number of Topliss-reactive ketones (excluding diaryl/α,β-unsaturated/α-hetero) is 1. The van der Waals surface area contributed by atoms with Gasteiger partial charge in [-0.2, -0.15) is 0 Å². The monoisotopic (exact) mass is 341 g/mol. The van der Waals surface area contributed by atoms with Crippen LogP contribution in [0, 0.1) is 30.9 Å². The number of hydrogen-bond acceptors (Lipinski definition) is 5. The van der Waals surface area contributed by atoms with Crippen molar-refractivity contribution in [3.05, 3.63) is 74.3 Å². The molecule has 0 aliphatic rings. The first-order valence-electron chi connectivity index (χ1n) is 7.78. The number of ether oxygens (including phenoxy) is 1. The predicted octanol–water partition coefficient (Wildman–Crippen LogP) is 3.95. The molecule has 0 aromatic heterocycles. The number of hydrogen-bond donors (Lipinski definition) is 0. The van der Waals surface area contributed by atoms with Gasteiger partial charge in [0.1, 0.15) is 0 Å². The molecule has 0 bridgehead atoms. The number of nitro groups is 1. The van der Waals surface area contributed by atoms with Crippen LogP contribution in [-0.4, -0.2) is 22.8 Å². The van der Waals surface area contributed by atoms with Gasteiger partial charge in [-0.15, -0.1) is 0 Å². The van der Waals surface area contributed by atoms with Crippen molar-refractivity contribution in [1.29, 1.82) is 0 Å². The Morgan fingerprint density at radius 3 is 2.12 bits per heavy atom. The maximum atomic E-state index is 12.6. The molecule has 2 aromatic carbocycles. The molecule has 6 nitrogen and oxygen atoms in total. The van der Waals surface area contributed by atoms with Crippen LogP contribution in [0.1, 0.15) is 44.3 Å². The third-order valence-corrected chi connectivity index (χ3v) is 4.07. The highest BCUT2D eigenvalue weighted by Gasteiger charge is 2.22. The van der Waals surface area contributed by atoms with Gasteiger partial charge in [-0.3, -0.25) is 14.9 Å². The summed E-state index contributed by atoms with van der Waals surface area (Å²) in [6.07, 6.45) is -0.955. The third kappa shape index (κ3) is 4.09. The molecule has 25 heavy (non-hydrogen) atoms. The zero-order valence-corrected chi connectivity index (χ0v) is 14.5. The van der Waals surface area contributed by atoms with Crippen LogP contribution in [0.25, 0.3) is 0 Å². The molecule has 0 saturated heterocycles. The van der Waals surface area contributed by atoms with Crippen LogP contribution in [0.15, 0.2) is 36.4 Å². The highest BCUT2D eigenvalue weighted by atomic mass is 16.6. The summed E-state index contributed by atoms with van der Waals surface area (Å²) < 4.78 is 5.22. The fraction of sp³-hybridized carbons (Fsp3) is 0.263. The lowest BCUT2D eigenvalue weighted by molar-refractivity contribution is -0.384. The fourth-order valence-electron chi connectivity index (χ4n) is 2.45. The van der Waals surface area contributed by atoms with E-state index in [0.717, 1.165) is 16.7 Å². The molecule has 2 aromatic rings. The second kappa shape index (κ2) is 7.25. The van der Waals surface area contributed by atoms with Crippen LogP contribution in [0.5, 0.6) is 0 Å². The first-order valence-corrected chi connectivity index (χ1v) is 7.78. The largest absolute Gasteiger partial charge is 0.451 e. The Morgan fingerprint density at radius 1 is 1.00 bits per heavy atom. The minimum Gasteiger partial charge on any atom is -0.451 e. The van der Waals surface area contributed by atoms with Crippen molar-refractivity contribution in [2.45, 2.75) is 33.8 Å². The van der Waals surface area contributed by atoms with Crippen molar-refractivity contribution < 1.29 is 19.2 Å². The van der Waals surface area contributed by atoms with Gasteiger partial charge in [0.25, 0.3) is 5.69 Å². The minimum absolute atomic E-state index is 0.119. The number of rotatable bonds is 5. The number of carbonyl (C=O) groups excluding carboxylic acids is 2. The molecule has 1 atom stereocenters. The number of ketones is 1. The molecule has 0 aliphatic carbocycles. The van der Waals surface area contributed by atoms with Crippen molar-refractivity contribution in [3.8, 4) is 0 Å². The Kier molecular flexibility index (Phi) is 5.32. The SMILES string of the molecule is Cc1cc(C)c(C(=O)C(C)OC(=O)c2ccc([N+](=O)[O-])cc2)cc1C. The van der Waals surface area contributed by atoms with Gasteiger partial charge in [0.2, 0.25) is 5.78 Å². The topological polar surface area (TPSA) is 86.5 Å². The molecule has 2 rings (SSSR count). The zero-order chi connectivity index (χ0) is 18.7. The molecular weight excluding hydrogens is 322 g/mol. The second-order valence-electron chi connectivity index (χ2n) is 5.97. The average Bonchev–Trinajstić information content (AvgIpc) is 2.57. The molecule has 0 N–H and O–H groups in total. The molecule has 0 radical (unpaired) electrons. The number of carbonyl (C=O) groups is 2. The van der Waals surface area contributed by atoms with Gasteiger partial charge in [0, 0.05) is 17.7 Å². The summed E-state index contributed by atoms with van der Waals surface area (Å²) in [5, 5.41) is 10.6. The van der Waals surface area contributed by atoms with Gasteiger partial charge >= 0.3 is 5.97 Å². The van der Waals surface area contributed by atoms with E-state index in [1.165, 1.54) is 31.2 Å². The van der Waals surface area contributed by atoms with Crippen molar-refractivity contribution in [1.82, 2.24) is 0 Å². The number of esters is 1. The molecule has 6 heteroatoms. The predicted molar refractivity (Wildman–Crippen MR) is 93.0 cm³/mol. The normalized spacial score (nSPS) is 11.7. The molecule has 0 amide bonds. The van der Waals surface area contributed by atoms with E-state index in [4.69, 9.17) is 4.74 Å². The van der Waals surface area contributed by atoms with Crippen LogP contribution in [0.4, 0.5) is 5.69 Å². The van der Waals surface area contributed by atoms with Crippen LogP contribution in [-0.2, 0) is 4.74 Å². The number of nitro benzene ring substituents is 1. The lowest BCUT2D eigenvalue weighted by atomic mass is 9.96. The molecule has 0 fully saturated rings. The molecule has 0 spiro atoms. The second-order valence-corrected chi connectivity index (χ2v) is 5.97. The van der Waals surface area contributed by atoms with Crippen LogP contribution in [0.3, 0.4) is 0 Å². The van der Waals surface area contributed by atoms with Crippen LogP contribution in [0.2, 0.25) is 0 Å². The van der Waals surface area contributed by atoms with Crippen molar-refractivity contribution in [3.63, 3.8) is 0 Å². The number of nitrogens with zero attached hydrogens (tertiary/aromatic N) is 1. The molecule has 0 saturated carbocycles. The lowest BCUT2D eigenvalue weighted by Gasteiger charge is -2.15. The molecule has 0 aliphatic heterocycles. The average molecular weight is 341 g/mol. The summed E-state index contributed by atoms with van der Waals surface area (Å²) >= 11 is 0. The maximum Gasteiger partial charge on any atom is 0.338 e. The Labute approximate surface area is 145 Å². The smallest absolute Gasteiger partial charge is 0.338 e. The summed E-state index contributed by atoms with van der Waals surface area (Å²) in [4.78, 5) is 34.8. The minimum atomic E-state index is -0.955. The third-order valence-electron chi connectivity index (χ3n) is 4.07. The van der Waals surface area contributed by atoms with E-state index >= 15 is 0 Å². The van der Waals surface area contributed by atoms with Crippen LogP contribution >= 0.6 is 0 Å². The number of benzene rings is 2. The Hall–Kier alpha value is -3.02. The van der Waals surface area contributed by atoms with E-state index in [9.17, 15) is 19.7 Å². The molecule has 0 heterocycles. The van der Waals surface area contributed by atoms with Gasteiger partial charge < -0.3 is 4.74 Å². The number of aryl methyl sites for hydroxylation is 3. The highest BCUT2D eigenvalue weighted by molar-refractivity contribution is 6.02. The van der Waals surface area contributed by atoms with Crippen molar-refractivity contribution >= 4 is 17.4 Å². The van der Waals surface area contributed by atoms with E-state index in [0.29, 0.717) is 5.56 Å². The van der Waals surface area contributed by atoms with E-state index in [-0.39, 0.29) is 17.0 Å². The summed E-state index contributed by atoms with van der Waals surface area (Å²) in [6, 6.07) is 8.77. The Bertz CT molecular complexity index is 840. The standard InChI is InChI=1S/C19H19NO5/c1-11-9-13(3)17(10-12(11)2)18(21)14(4)25-19(22)15-5-7-16(8-6-15)20(23)24/h5-10,14H,1-4H3. The molecule has 1 unspecified atom stereocenters. The van der Waals surface area contributed by atoms with E-state index in [1.807, 2.05) is 26.8 Å². The first kappa shape index (κ1) is 18.3. The Morgan fingerprint density at radius 2 is 1.56 bits per heavy atom. The van der Waals surface area contributed by atoms with Crippen LogP contribution < -0.4 is 0 Å². The van der Waals surface area contributed by atoms with Gasteiger partial charge in [0.05, 0.1) is 10.5 Å². The summed E-state index contributed by atoms with van der Waals surface area (Å²) in [5.74, 6) is -0.979. The van der Waals surface area contributed by atoms with Gasteiger partial charge in [0.15, 0.2) is 6.10 Å². The van der Waals surface area contributed by atoms with Crippen molar-refractivity contribution in [2.24, 2.45) is 0 Å². The lowest BCUT2D eigenvalue weighted by Crippen LogP contribution is -2.25. The highest BCUT2D eigenvalue weighted by Crippen LogP contribution is 2.19. The van der Waals surface area contributed by atoms with Gasteiger partial charge in [-0.25, -0.2) is 4.79 Å². The Balaban J connectivity index is 2.14. The van der Waals surface area contributed by atoms with Gasteiger partial charge in [-0.1, -0.05) is 6.07 Å². The maximum absolute atomic E-state index is 12.6. The first-order chi connectivity index (χ1) is 11.7.